The van der Waals surface area contributed by atoms with Gasteiger partial charge in [-0.3, -0.25) is 14.5 Å². The minimum Gasteiger partial charge on any atom is -0.479 e. The summed E-state index contributed by atoms with van der Waals surface area (Å²) in [7, 11) is 0. The van der Waals surface area contributed by atoms with Crippen molar-refractivity contribution in [3.05, 3.63) is 53.6 Å². The fourth-order valence-electron chi connectivity index (χ4n) is 3.54. The highest BCUT2D eigenvalue weighted by atomic mass is 16.5. The second-order valence-corrected chi connectivity index (χ2v) is 7.82. The van der Waals surface area contributed by atoms with Crippen molar-refractivity contribution in [1.82, 2.24) is 0 Å². The average Bonchev–Trinajstić information content (AvgIpc) is 2.65. The van der Waals surface area contributed by atoms with Crippen molar-refractivity contribution in [3.8, 4) is 5.75 Å². The largest absolute Gasteiger partial charge is 0.479 e. The van der Waals surface area contributed by atoms with Crippen LogP contribution in [0.25, 0.3) is 0 Å². The Morgan fingerprint density at radius 2 is 1.64 bits per heavy atom. The lowest BCUT2D eigenvalue weighted by molar-refractivity contribution is -0.127. The Bertz CT molecular complexity index is 863. The molecular formula is C23H28N2O3. The van der Waals surface area contributed by atoms with Crippen molar-refractivity contribution in [1.29, 1.82) is 0 Å². The maximum absolute atomic E-state index is 12.9. The zero-order chi connectivity index (χ0) is 20.4. The molecule has 0 radical (unpaired) electrons. The SMILES string of the molecule is CC1Oc2ccccc2N(CC(=O)Nc2c(C(C)C)cccc2C(C)C)C1=O. The molecule has 5 heteroatoms. The highest BCUT2D eigenvalue weighted by Crippen LogP contribution is 2.35. The van der Waals surface area contributed by atoms with Crippen LogP contribution in [0.15, 0.2) is 42.5 Å². The minimum absolute atomic E-state index is 0.0481. The highest BCUT2D eigenvalue weighted by molar-refractivity contribution is 6.06. The van der Waals surface area contributed by atoms with Crippen molar-refractivity contribution < 1.29 is 14.3 Å². The maximum atomic E-state index is 12.9. The molecule has 1 unspecified atom stereocenters. The smallest absolute Gasteiger partial charge is 0.268 e. The van der Waals surface area contributed by atoms with Crippen LogP contribution in [-0.4, -0.2) is 24.5 Å². The molecule has 0 aliphatic carbocycles. The quantitative estimate of drug-likeness (QED) is 0.819. The van der Waals surface area contributed by atoms with Crippen LogP contribution >= 0.6 is 0 Å². The van der Waals surface area contributed by atoms with Gasteiger partial charge in [0.2, 0.25) is 5.91 Å². The van der Waals surface area contributed by atoms with Gasteiger partial charge in [0, 0.05) is 5.69 Å². The number of hydrogen-bond acceptors (Lipinski definition) is 3. The first kappa shape index (κ1) is 19.9. The van der Waals surface area contributed by atoms with Crippen molar-refractivity contribution in [3.63, 3.8) is 0 Å². The number of amides is 2. The summed E-state index contributed by atoms with van der Waals surface area (Å²) in [5.41, 5.74) is 3.68. The molecule has 0 bridgehead atoms. The molecule has 2 amide bonds. The van der Waals surface area contributed by atoms with Crippen LogP contribution in [0.1, 0.15) is 57.6 Å². The summed E-state index contributed by atoms with van der Waals surface area (Å²) in [6.07, 6.45) is -0.614. The van der Waals surface area contributed by atoms with Crippen LogP contribution in [0.3, 0.4) is 0 Å². The number of para-hydroxylation sites is 3. The Morgan fingerprint density at radius 1 is 1.04 bits per heavy atom. The fourth-order valence-corrected chi connectivity index (χ4v) is 3.54. The lowest BCUT2D eigenvalue weighted by Gasteiger charge is -2.32. The van der Waals surface area contributed by atoms with Gasteiger partial charge in [-0.1, -0.05) is 58.0 Å². The van der Waals surface area contributed by atoms with Crippen LogP contribution in [0, 0.1) is 0 Å². The van der Waals surface area contributed by atoms with E-state index in [4.69, 9.17) is 4.74 Å². The van der Waals surface area contributed by atoms with E-state index in [1.54, 1.807) is 13.0 Å². The summed E-state index contributed by atoms with van der Waals surface area (Å²) < 4.78 is 5.65. The number of nitrogens with zero attached hydrogens (tertiary/aromatic N) is 1. The molecule has 1 heterocycles. The zero-order valence-electron chi connectivity index (χ0n) is 17.2. The van der Waals surface area contributed by atoms with Crippen LogP contribution in [0.4, 0.5) is 11.4 Å². The van der Waals surface area contributed by atoms with E-state index in [0.717, 1.165) is 16.8 Å². The molecule has 5 nitrogen and oxygen atoms in total. The first-order chi connectivity index (χ1) is 13.3. The topological polar surface area (TPSA) is 58.6 Å². The number of nitrogens with one attached hydrogen (secondary N) is 1. The molecule has 1 aliphatic rings. The van der Waals surface area contributed by atoms with E-state index in [-0.39, 0.29) is 30.2 Å². The van der Waals surface area contributed by atoms with E-state index < -0.39 is 6.10 Å². The molecule has 0 aromatic heterocycles. The van der Waals surface area contributed by atoms with E-state index in [9.17, 15) is 9.59 Å². The summed E-state index contributed by atoms with van der Waals surface area (Å²) in [5.74, 6) is 0.745. The van der Waals surface area contributed by atoms with Crippen LogP contribution in [-0.2, 0) is 9.59 Å². The highest BCUT2D eigenvalue weighted by Gasteiger charge is 2.32. The van der Waals surface area contributed by atoms with Gasteiger partial charge in [-0.2, -0.15) is 0 Å². The first-order valence-electron chi connectivity index (χ1n) is 9.79. The molecule has 3 rings (SSSR count). The summed E-state index contributed by atoms with van der Waals surface area (Å²) in [5, 5.41) is 3.08. The number of rotatable bonds is 5. The molecule has 0 fully saturated rings. The third-order valence-corrected chi connectivity index (χ3v) is 5.01. The van der Waals surface area contributed by atoms with Gasteiger partial charge in [-0.05, 0) is 42.0 Å². The summed E-state index contributed by atoms with van der Waals surface area (Å²) in [4.78, 5) is 27.1. The van der Waals surface area contributed by atoms with Crippen LogP contribution < -0.4 is 15.0 Å². The molecule has 1 atom stereocenters. The zero-order valence-corrected chi connectivity index (χ0v) is 17.2. The van der Waals surface area contributed by atoms with Gasteiger partial charge in [-0.25, -0.2) is 0 Å². The van der Waals surface area contributed by atoms with E-state index in [0.29, 0.717) is 11.4 Å². The number of benzene rings is 2. The lowest BCUT2D eigenvalue weighted by Crippen LogP contribution is -2.47. The second-order valence-electron chi connectivity index (χ2n) is 7.82. The molecule has 0 saturated carbocycles. The van der Waals surface area contributed by atoms with Gasteiger partial charge < -0.3 is 10.1 Å². The lowest BCUT2D eigenvalue weighted by atomic mass is 9.92. The van der Waals surface area contributed by atoms with Gasteiger partial charge in [0.15, 0.2) is 6.10 Å². The normalized spacial score (nSPS) is 16.2. The third-order valence-electron chi connectivity index (χ3n) is 5.01. The second kappa shape index (κ2) is 8.05. The van der Waals surface area contributed by atoms with Crippen LogP contribution in [0.2, 0.25) is 0 Å². The van der Waals surface area contributed by atoms with Crippen LogP contribution in [0.5, 0.6) is 5.75 Å². The number of ether oxygens (including phenoxy) is 1. The van der Waals surface area contributed by atoms with Gasteiger partial charge in [0.25, 0.3) is 5.91 Å². The Hall–Kier alpha value is -2.82. The van der Waals surface area contributed by atoms with Crippen molar-refractivity contribution in [2.24, 2.45) is 0 Å². The number of fused-ring (bicyclic) bond motifs is 1. The predicted octanol–water partition coefficient (Wildman–Crippen LogP) is 4.69. The number of carbonyl (C=O) groups excluding carboxylic acids is 2. The standard InChI is InChI=1S/C23H28N2O3/c1-14(2)17-9-8-10-18(15(3)4)22(17)24-21(26)13-25-19-11-6-7-12-20(19)28-16(5)23(25)27/h6-12,14-16H,13H2,1-5H3,(H,24,26). The van der Waals surface area contributed by atoms with E-state index in [1.807, 2.05) is 36.4 Å². The average molecular weight is 380 g/mol. The monoisotopic (exact) mass is 380 g/mol. The summed E-state index contributed by atoms with van der Waals surface area (Å²) in [6, 6.07) is 13.4. The van der Waals surface area contributed by atoms with Gasteiger partial charge in [-0.15, -0.1) is 0 Å². The van der Waals surface area contributed by atoms with Gasteiger partial charge >= 0.3 is 0 Å². The van der Waals surface area contributed by atoms with E-state index in [1.165, 1.54) is 4.90 Å². The van der Waals surface area contributed by atoms with E-state index >= 15 is 0 Å². The Labute approximate surface area is 166 Å². The molecule has 28 heavy (non-hydrogen) atoms. The van der Waals surface area contributed by atoms with Crippen molar-refractivity contribution in [2.45, 2.75) is 52.6 Å². The molecule has 148 valence electrons. The fraction of sp³-hybridized carbons (Fsp3) is 0.391. The molecule has 2 aromatic rings. The van der Waals surface area contributed by atoms with Gasteiger partial charge in [0.05, 0.1) is 5.69 Å². The van der Waals surface area contributed by atoms with Gasteiger partial charge in [0.1, 0.15) is 12.3 Å². The summed E-state index contributed by atoms with van der Waals surface area (Å²) in [6.45, 7) is 10.1. The van der Waals surface area contributed by atoms with Crippen molar-refractivity contribution >= 4 is 23.2 Å². The minimum atomic E-state index is -0.614. The third kappa shape index (κ3) is 3.88. The maximum Gasteiger partial charge on any atom is 0.268 e. The molecule has 1 N–H and O–H groups in total. The summed E-state index contributed by atoms with van der Waals surface area (Å²) >= 11 is 0. The Morgan fingerprint density at radius 3 is 2.25 bits per heavy atom. The number of carbonyl (C=O) groups is 2. The Kier molecular flexibility index (Phi) is 5.73. The Balaban J connectivity index is 1.88. The van der Waals surface area contributed by atoms with Crippen molar-refractivity contribution in [2.75, 3.05) is 16.8 Å². The molecule has 1 aliphatic heterocycles. The molecule has 2 aromatic carbocycles. The number of hydrogen-bond donors (Lipinski definition) is 1. The molecule has 0 saturated heterocycles. The molecule has 0 spiro atoms. The molecular weight excluding hydrogens is 352 g/mol. The first-order valence-corrected chi connectivity index (χ1v) is 9.79. The van der Waals surface area contributed by atoms with E-state index in [2.05, 4.69) is 33.0 Å². The number of anilines is 2. The predicted molar refractivity (Wildman–Crippen MR) is 112 cm³/mol.